The van der Waals surface area contributed by atoms with Crippen molar-refractivity contribution in [3.05, 3.63) is 48.3 Å². The summed E-state index contributed by atoms with van der Waals surface area (Å²) in [6.45, 7) is 0. The molecule has 0 radical (unpaired) electrons. The van der Waals surface area contributed by atoms with Crippen LogP contribution in [0.25, 0.3) is 5.69 Å². The molecule has 21 heavy (non-hydrogen) atoms. The van der Waals surface area contributed by atoms with E-state index in [2.05, 4.69) is 5.10 Å². The molecule has 1 saturated carbocycles. The molecule has 1 aliphatic carbocycles. The van der Waals surface area contributed by atoms with Gasteiger partial charge in [0.25, 0.3) is 0 Å². The molecule has 1 heterocycles. The van der Waals surface area contributed by atoms with Gasteiger partial charge in [-0.2, -0.15) is 5.10 Å². The second-order valence-electron chi connectivity index (χ2n) is 5.56. The minimum Gasteiger partial charge on any atom is -0.462 e. The van der Waals surface area contributed by atoms with E-state index in [4.69, 9.17) is 4.74 Å². The first-order valence-corrected chi connectivity index (χ1v) is 7.60. The van der Waals surface area contributed by atoms with E-state index in [1.807, 2.05) is 36.5 Å². The van der Waals surface area contributed by atoms with Crippen molar-refractivity contribution < 1.29 is 9.53 Å². The molecule has 0 atom stereocenters. The maximum Gasteiger partial charge on any atom is 0.310 e. The number of aromatic nitrogens is 2. The number of carbonyl (C=O) groups is 1. The zero-order valence-electron chi connectivity index (χ0n) is 12.1. The Morgan fingerprint density at radius 2 is 1.95 bits per heavy atom. The number of para-hydroxylation sites is 1. The minimum atomic E-state index is -0.144. The molecular formula is C17H20N2O2. The van der Waals surface area contributed by atoms with E-state index in [1.54, 1.807) is 10.9 Å². The lowest BCUT2D eigenvalue weighted by Crippen LogP contribution is -2.21. The van der Waals surface area contributed by atoms with Crippen LogP contribution in [0, 0.1) is 0 Å². The molecule has 2 aromatic rings. The van der Waals surface area contributed by atoms with E-state index < -0.39 is 0 Å². The molecule has 0 aliphatic heterocycles. The molecule has 4 nitrogen and oxygen atoms in total. The number of ether oxygens (including phenoxy) is 1. The van der Waals surface area contributed by atoms with Crippen LogP contribution in [0.3, 0.4) is 0 Å². The van der Waals surface area contributed by atoms with Gasteiger partial charge in [-0.25, -0.2) is 4.68 Å². The zero-order valence-corrected chi connectivity index (χ0v) is 12.1. The second kappa shape index (κ2) is 6.57. The summed E-state index contributed by atoms with van der Waals surface area (Å²) in [4.78, 5) is 12.0. The van der Waals surface area contributed by atoms with Crippen LogP contribution in [-0.2, 0) is 16.0 Å². The molecule has 1 aliphatic rings. The predicted molar refractivity (Wildman–Crippen MR) is 80.2 cm³/mol. The average molecular weight is 284 g/mol. The predicted octanol–water partition coefficient (Wildman–Crippen LogP) is 3.29. The highest BCUT2D eigenvalue weighted by atomic mass is 16.5. The summed E-state index contributed by atoms with van der Waals surface area (Å²) < 4.78 is 7.32. The number of hydrogen-bond donors (Lipinski definition) is 0. The highest BCUT2D eigenvalue weighted by molar-refractivity contribution is 5.72. The summed E-state index contributed by atoms with van der Waals surface area (Å²) in [5, 5.41) is 4.30. The molecule has 0 amide bonds. The molecule has 1 fully saturated rings. The van der Waals surface area contributed by atoms with Gasteiger partial charge >= 0.3 is 5.97 Å². The smallest absolute Gasteiger partial charge is 0.310 e. The van der Waals surface area contributed by atoms with Crippen LogP contribution in [0.15, 0.2) is 42.7 Å². The normalized spacial score (nSPS) is 15.8. The fraction of sp³-hybridized carbons (Fsp3) is 0.412. The lowest BCUT2D eigenvalue weighted by atomic mass is 9.98. The summed E-state index contributed by atoms with van der Waals surface area (Å²) in [6, 6.07) is 9.87. The quantitative estimate of drug-likeness (QED) is 0.809. The Morgan fingerprint density at radius 1 is 1.19 bits per heavy atom. The Morgan fingerprint density at radius 3 is 2.71 bits per heavy atom. The molecule has 3 rings (SSSR count). The fourth-order valence-corrected chi connectivity index (χ4v) is 2.75. The number of nitrogens with zero attached hydrogens (tertiary/aromatic N) is 2. The van der Waals surface area contributed by atoms with E-state index in [0.717, 1.165) is 24.1 Å². The fourth-order valence-electron chi connectivity index (χ4n) is 2.75. The van der Waals surface area contributed by atoms with Gasteiger partial charge in [-0.15, -0.1) is 0 Å². The van der Waals surface area contributed by atoms with Crippen LogP contribution in [0.4, 0.5) is 0 Å². The van der Waals surface area contributed by atoms with Crippen molar-refractivity contribution in [3.63, 3.8) is 0 Å². The Kier molecular flexibility index (Phi) is 4.34. The van der Waals surface area contributed by atoms with E-state index in [1.165, 1.54) is 19.3 Å². The van der Waals surface area contributed by atoms with Crippen molar-refractivity contribution in [1.29, 1.82) is 0 Å². The third kappa shape index (κ3) is 3.72. The minimum absolute atomic E-state index is 0.121. The molecule has 4 heteroatoms. The van der Waals surface area contributed by atoms with Crippen molar-refractivity contribution in [2.45, 2.75) is 44.6 Å². The first-order chi connectivity index (χ1) is 10.3. The highest BCUT2D eigenvalue weighted by Crippen LogP contribution is 2.20. The molecular weight excluding hydrogens is 264 g/mol. The summed E-state index contributed by atoms with van der Waals surface area (Å²) in [7, 11) is 0. The SMILES string of the molecule is O=C(Cc1cnn(-c2ccccc2)c1)OC1CCCCC1. The van der Waals surface area contributed by atoms with Gasteiger partial charge in [-0.05, 0) is 37.8 Å². The van der Waals surface area contributed by atoms with Gasteiger partial charge in [0.15, 0.2) is 0 Å². The van der Waals surface area contributed by atoms with Gasteiger partial charge in [-0.1, -0.05) is 24.6 Å². The van der Waals surface area contributed by atoms with Crippen molar-refractivity contribution in [3.8, 4) is 5.69 Å². The first-order valence-electron chi connectivity index (χ1n) is 7.60. The molecule has 0 spiro atoms. The monoisotopic (exact) mass is 284 g/mol. The van der Waals surface area contributed by atoms with E-state index in [0.29, 0.717) is 6.42 Å². The number of benzene rings is 1. The average Bonchev–Trinajstić information content (AvgIpc) is 2.97. The van der Waals surface area contributed by atoms with Crippen molar-refractivity contribution >= 4 is 5.97 Å². The van der Waals surface area contributed by atoms with Gasteiger partial charge in [0, 0.05) is 11.8 Å². The number of esters is 1. The summed E-state index contributed by atoms with van der Waals surface area (Å²) in [6.07, 6.45) is 9.65. The Balaban J connectivity index is 1.58. The van der Waals surface area contributed by atoms with Gasteiger partial charge in [0.1, 0.15) is 6.10 Å². The van der Waals surface area contributed by atoms with Gasteiger partial charge in [-0.3, -0.25) is 4.79 Å². The lowest BCUT2D eigenvalue weighted by molar-refractivity contribution is -0.149. The maximum absolute atomic E-state index is 12.0. The third-order valence-electron chi connectivity index (χ3n) is 3.86. The zero-order chi connectivity index (χ0) is 14.5. The van der Waals surface area contributed by atoms with Gasteiger partial charge < -0.3 is 4.74 Å². The number of carbonyl (C=O) groups excluding carboxylic acids is 1. The number of hydrogen-bond acceptors (Lipinski definition) is 3. The second-order valence-corrected chi connectivity index (χ2v) is 5.56. The van der Waals surface area contributed by atoms with Crippen molar-refractivity contribution in [1.82, 2.24) is 9.78 Å². The van der Waals surface area contributed by atoms with Crippen LogP contribution in [0.5, 0.6) is 0 Å². The standard InChI is InChI=1S/C17H20N2O2/c20-17(21-16-9-5-2-6-10-16)11-14-12-18-19(13-14)15-7-3-1-4-8-15/h1,3-4,7-8,12-13,16H,2,5-6,9-11H2. The Hall–Kier alpha value is -2.10. The van der Waals surface area contributed by atoms with Gasteiger partial charge in [0.05, 0.1) is 18.3 Å². The molecule has 0 saturated heterocycles. The summed E-state index contributed by atoms with van der Waals surface area (Å²) in [5.41, 5.74) is 1.88. The van der Waals surface area contributed by atoms with E-state index >= 15 is 0 Å². The largest absolute Gasteiger partial charge is 0.462 e. The van der Waals surface area contributed by atoms with Crippen LogP contribution in [0.1, 0.15) is 37.7 Å². The van der Waals surface area contributed by atoms with E-state index in [9.17, 15) is 4.79 Å². The maximum atomic E-state index is 12.0. The van der Waals surface area contributed by atoms with Crippen LogP contribution in [-0.4, -0.2) is 21.9 Å². The Bertz CT molecular complexity index is 586. The lowest BCUT2D eigenvalue weighted by Gasteiger charge is -2.21. The van der Waals surface area contributed by atoms with Crippen LogP contribution < -0.4 is 0 Å². The van der Waals surface area contributed by atoms with Crippen LogP contribution >= 0.6 is 0 Å². The van der Waals surface area contributed by atoms with Crippen LogP contribution in [0.2, 0.25) is 0 Å². The molecule has 0 bridgehead atoms. The third-order valence-corrected chi connectivity index (χ3v) is 3.86. The first kappa shape index (κ1) is 13.9. The molecule has 110 valence electrons. The molecule has 1 aromatic carbocycles. The summed E-state index contributed by atoms with van der Waals surface area (Å²) in [5.74, 6) is -0.144. The molecule has 1 aromatic heterocycles. The topological polar surface area (TPSA) is 44.1 Å². The van der Waals surface area contributed by atoms with E-state index in [-0.39, 0.29) is 12.1 Å². The Labute approximate surface area is 124 Å². The molecule has 0 N–H and O–H groups in total. The summed E-state index contributed by atoms with van der Waals surface area (Å²) >= 11 is 0. The van der Waals surface area contributed by atoms with Crippen molar-refractivity contribution in [2.24, 2.45) is 0 Å². The van der Waals surface area contributed by atoms with Gasteiger partial charge in [0.2, 0.25) is 0 Å². The van der Waals surface area contributed by atoms with Crippen molar-refractivity contribution in [2.75, 3.05) is 0 Å². The number of rotatable bonds is 4. The molecule has 0 unspecified atom stereocenters. The highest BCUT2D eigenvalue weighted by Gasteiger charge is 2.18.